The summed E-state index contributed by atoms with van der Waals surface area (Å²) in [4.78, 5) is 0.218. The van der Waals surface area contributed by atoms with Crippen molar-refractivity contribution in [2.24, 2.45) is 5.92 Å². The van der Waals surface area contributed by atoms with Crippen LogP contribution in [0.5, 0.6) is 0 Å². The van der Waals surface area contributed by atoms with Crippen LogP contribution in [0, 0.1) is 12.8 Å². The fraction of sp³-hybridized carbons (Fsp3) is 0.571. The summed E-state index contributed by atoms with van der Waals surface area (Å²) >= 11 is 0. The molecular weight excluding hydrogens is 262 g/mol. The first-order valence-electron chi connectivity index (χ1n) is 6.50. The van der Waals surface area contributed by atoms with E-state index < -0.39 is 15.6 Å². The monoisotopic (exact) mass is 283 g/mol. The zero-order chi connectivity index (χ0) is 14.3. The summed E-state index contributed by atoms with van der Waals surface area (Å²) in [5, 5.41) is 9.22. The highest BCUT2D eigenvalue weighted by atomic mass is 32.2. The highest BCUT2D eigenvalue weighted by molar-refractivity contribution is 7.89. The Hall–Kier alpha value is -0.910. The van der Waals surface area contributed by atoms with E-state index in [0.29, 0.717) is 11.5 Å². The Morgan fingerprint density at radius 3 is 2.53 bits per heavy atom. The van der Waals surface area contributed by atoms with Crippen LogP contribution in [-0.4, -0.2) is 19.1 Å². The average Bonchev–Trinajstić information content (AvgIpc) is 3.11. The predicted molar refractivity (Wildman–Crippen MR) is 74.2 cm³/mol. The van der Waals surface area contributed by atoms with Gasteiger partial charge in [-0.05, 0) is 62.8 Å². The average molecular weight is 283 g/mol. The molecule has 1 aliphatic rings. The second-order valence-electron chi connectivity index (χ2n) is 5.85. The maximum atomic E-state index is 12.4. The summed E-state index contributed by atoms with van der Waals surface area (Å²) < 4.78 is 27.5. The van der Waals surface area contributed by atoms with Gasteiger partial charge in [0.2, 0.25) is 10.0 Å². The van der Waals surface area contributed by atoms with Crippen LogP contribution >= 0.6 is 0 Å². The fourth-order valence-corrected chi connectivity index (χ4v) is 3.80. The van der Waals surface area contributed by atoms with Crippen LogP contribution in [0.3, 0.4) is 0 Å². The molecule has 0 amide bonds. The van der Waals surface area contributed by atoms with E-state index in [1.54, 1.807) is 18.2 Å². The largest absolute Gasteiger partial charge is 0.392 e. The van der Waals surface area contributed by atoms with Gasteiger partial charge in [0.15, 0.2) is 0 Å². The molecule has 0 heterocycles. The van der Waals surface area contributed by atoms with E-state index in [9.17, 15) is 13.5 Å². The maximum absolute atomic E-state index is 12.4. The number of hydrogen-bond acceptors (Lipinski definition) is 3. The first-order valence-corrected chi connectivity index (χ1v) is 7.99. The molecule has 1 aromatic carbocycles. The molecule has 1 aliphatic carbocycles. The minimum atomic E-state index is -3.53. The molecule has 2 rings (SSSR count). The first-order chi connectivity index (χ1) is 8.76. The molecule has 0 bridgehead atoms. The lowest BCUT2D eigenvalue weighted by Gasteiger charge is -2.26. The van der Waals surface area contributed by atoms with E-state index in [1.165, 1.54) is 0 Å². The van der Waals surface area contributed by atoms with Crippen LogP contribution in [0.2, 0.25) is 0 Å². The van der Waals surface area contributed by atoms with Gasteiger partial charge in [-0.15, -0.1) is 0 Å². The van der Waals surface area contributed by atoms with Crippen molar-refractivity contribution < 1.29 is 13.5 Å². The van der Waals surface area contributed by atoms with Gasteiger partial charge in [0.25, 0.3) is 0 Å². The Kier molecular flexibility index (Phi) is 3.73. The molecule has 1 fully saturated rings. The van der Waals surface area contributed by atoms with Gasteiger partial charge in [-0.3, -0.25) is 0 Å². The Morgan fingerprint density at radius 2 is 2.00 bits per heavy atom. The lowest BCUT2D eigenvalue weighted by atomic mass is 10.0. The summed E-state index contributed by atoms with van der Waals surface area (Å²) in [5.41, 5.74) is 1.12. The molecule has 106 valence electrons. The van der Waals surface area contributed by atoms with Gasteiger partial charge < -0.3 is 5.11 Å². The topological polar surface area (TPSA) is 66.4 Å². The molecule has 2 N–H and O–H groups in total. The predicted octanol–water partition coefficient (Wildman–Crippen LogP) is 1.95. The Balaban J connectivity index is 2.29. The quantitative estimate of drug-likeness (QED) is 0.868. The number of aliphatic hydroxyl groups is 1. The van der Waals surface area contributed by atoms with Crippen molar-refractivity contribution in [1.82, 2.24) is 4.72 Å². The van der Waals surface area contributed by atoms with E-state index in [-0.39, 0.29) is 11.5 Å². The molecule has 0 unspecified atom stereocenters. The second-order valence-corrected chi connectivity index (χ2v) is 7.53. The number of aryl methyl sites for hydroxylation is 1. The van der Waals surface area contributed by atoms with Crippen molar-refractivity contribution in [2.75, 3.05) is 0 Å². The number of rotatable bonds is 5. The second kappa shape index (κ2) is 4.89. The molecule has 0 saturated heterocycles. The van der Waals surface area contributed by atoms with Gasteiger partial charge in [0.05, 0.1) is 11.5 Å². The number of nitrogens with one attached hydrogen (secondary N) is 1. The van der Waals surface area contributed by atoms with Crippen molar-refractivity contribution >= 4 is 10.0 Å². The standard InChI is InChI=1S/C14H21NO3S/c1-10-4-7-13(8-11(10)9-16)19(17,18)15-14(2,3)12-5-6-12/h4,7-8,12,15-16H,5-6,9H2,1-3H3. The molecule has 5 heteroatoms. The van der Waals surface area contributed by atoms with E-state index in [2.05, 4.69) is 4.72 Å². The van der Waals surface area contributed by atoms with E-state index in [1.807, 2.05) is 20.8 Å². The van der Waals surface area contributed by atoms with Crippen molar-refractivity contribution in [3.63, 3.8) is 0 Å². The van der Waals surface area contributed by atoms with E-state index >= 15 is 0 Å². The SMILES string of the molecule is Cc1ccc(S(=O)(=O)NC(C)(C)C2CC2)cc1CO. The Labute approximate surface area is 114 Å². The molecule has 0 aliphatic heterocycles. The fourth-order valence-electron chi connectivity index (χ4n) is 2.28. The van der Waals surface area contributed by atoms with Gasteiger partial charge in [0.1, 0.15) is 0 Å². The van der Waals surface area contributed by atoms with E-state index in [0.717, 1.165) is 18.4 Å². The Morgan fingerprint density at radius 1 is 1.37 bits per heavy atom. The van der Waals surface area contributed by atoms with Crippen LogP contribution < -0.4 is 4.72 Å². The zero-order valence-electron chi connectivity index (χ0n) is 11.6. The van der Waals surface area contributed by atoms with Crippen molar-refractivity contribution in [3.05, 3.63) is 29.3 Å². The lowest BCUT2D eigenvalue weighted by Crippen LogP contribution is -2.45. The smallest absolute Gasteiger partial charge is 0.241 e. The Bertz CT molecular complexity index is 574. The van der Waals surface area contributed by atoms with Crippen LogP contribution in [0.25, 0.3) is 0 Å². The highest BCUT2D eigenvalue weighted by Crippen LogP contribution is 2.39. The summed E-state index contributed by atoms with van der Waals surface area (Å²) in [5.74, 6) is 0.421. The lowest BCUT2D eigenvalue weighted by molar-refractivity contribution is 0.280. The number of sulfonamides is 1. The van der Waals surface area contributed by atoms with Gasteiger partial charge >= 0.3 is 0 Å². The first kappa shape index (κ1) is 14.5. The summed E-state index contributed by atoms with van der Waals surface area (Å²) in [6, 6.07) is 4.85. The molecule has 1 saturated carbocycles. The minimum absolute atomic E-state index is 0.152. The van der Waals surface area contributed by atoms with E-state index in [4.69, 9.17) is 0 Å². The van der Waals surface area contributed by atoms with Crippen LogP contribution in [-0.2, 0) is 16.6 Å². The van der Waals surface area contributed by atoms with Crippen molar-refractivity contribution in [3.8, 4) is 0 Å². The van der Waals surface area contributed by atoms with Crippen LogP contribution in [0.4, 0.5) is 0 Å². The molecule has 4 nitrogen and oxygen atoms in total. The summed E-state index contributed by atoms with van der Waals surface area (Å²) in [6.45, 7) is 5.54. The van der Waals surface area contributed by atoms with Crippen molar-refractivity contribution in [1.29, 1.82) is 0 Å². The maximum Gasteiger partial charge on any atom is 0.241 e. The third kappa shape index (κ3) is 3.16. The third-order valence-electron chi connectivity index (χ3n) is 3.80. The molecule has 0 radical (unpaired) electrons. The molecule has 0 atom stereocenters. The number of hydrogen-bond donors (Lipinski definition) is 2. The van der Waals surface area contributed by atoms with Crippen molar-refractivity contribution in [2.45, 2.75) is 50.7 Å². The third-order valence-corrected chi connectivity index (χ3v) is 5.47. The number of benzene rings is 1. The highest BCUT2D eigenvalue weighted by Gasteiger charge is 2.40. The normalized spacial score (nSPS) is 16.6. The molecule has 19 heavy (non-hydrogen) atoms. The zero-order valence-corrected chi connectivity index (χ0v) is 12.4. The van der Waals surface area contributed by atoms with Crippen LogP contribution in [0.15, 0.2) is 23.1 Å². The molecule has 0 aromatic heterocycles. The molecule has 0 spiro atoms. The van der Waals surface area contributed by atoms with Gasteiger partial charge in [-0.2, -0.15) is 0 Å². The van der Waals surface area contributed by atoms with Crippen LogP contribution in [0.1, 0.15) is 37.8 Å². The summed E-state index contributed by atoms with van der Waals surface area (Å²) in [6.07, 6.45) is 2.15. The van der Waals surface area contributed by atoms with Gasteiger partial charge in [0, 0.05) is 5.54 Å². The number of aliphatic hydroxyl groups excluding tert-OH is 1. The molecule has 1 aromatic rings. The van der Waals surface area contributed by atoms with Gasteiger partial charge in [-0.1, -0.05) is 6.07 Å². The summed E-state index contributed by atoms with van der Waals surface area (Å²) in [7, 11) is -3.53. The molecular formula is C14H21NO3S. The van der Waals surface area contributed by atoms with Gasteiger partial charge in [-0.25, -0.2) is 13.1 Å². The minimum Gasteiger partial charge on any atom is -0.392 e.